The van der Waals surface area contributed by atoms with E-state index in [9.17, 15) is 9.59 Å². The lowest BCUT2D eigenvalue weighted by atomic mass is 10.0. The molecule has 2 aromatic carbocycles. The van der Waals surface area contributed by atoms with Crippen molar-refractivity contribution in [2.45, 2.75) is 58.2 Å². The van der Waals surface area contributed by atoms with E-state index in [0.29, 0.717) is 6.54 Å². The largest absolute Gasteiger partial charge is 0.352 e. The summed E-state index contributed by atoms with van der Waals surface area (Å²) in [4.78, 5) is 28.8. The van der Waals surface area contributed by atoms with Gasteiger partial charge in [-0.2, -0.15) is 0 Å². The van der Waals surface area contributed by atoms with Gasteiger partial charge in [-0.05, 0) is 49.3 Å². The molecular formula is C26H33N3O2. The molecule has 0 radical (unpaired) electrons. The Labute approximate surface area is 185 Å². The van der Waals surface area contributed by atoms with Gasteiger partial charge in [0, 0.05) is 38.6 Å². The van der Waals surface area contributed by atoms with E-state index in [1.165, 1.54) is 22.3 Å². The number of piperidine rings is 1. The molecule has 5 nitrogen and oxygen atoms in total. The number of amides is 2. The number of fused-ring (bicyclic) bond motifs is 1. The summed E-state index contributed by atoms with van der Waals surface area (Å²) in [6.07, 6.45) is 3.77. The highest BCUT2D eigenvalue weighted by atomic mass is 16.2. The summed E-state index contributed by atoms with van der Waals surface area (Å²) in [6.45, 7) is 6.31. The van der Waals surface area contributed by atoms with E-state index in [1.807, 2.05) is 4.90 Å². The third kappa shape index (κ3) is 5.34. The fourth-order valence-corrected chi connectivity index (χ4v) is 4.91. The molecule has 0 aromatic heterocycles. The molecule has 0 saturated carbocycles. The molecule has 0 bridgehead atoms. The van der Waals surface area contributed by atoms with E-state index >= 15 is 0 Å². The standard InChI is InChI=1S/C26H33N3O2/c1-19-7-9-21(10-8-19)17-29(25-12-11-22-5-3-4-6-24(22)25)18-26(31)27-23-13-15-28(16-14-23)20(2)30/h3-10,23,25H,11-18H2,1-2H3,(H,27,31). The molecule has 164 valence electrons. The average molecular weight is 420 g/mol. The van der Waals surface area contributed by atoms with E-state index < -0.39 is 0 Å². The highest BCUT2D eigenvalue weighted by Crippen LogP contribution is 2.36. The second-order valence-electron chi connectivity index (χ2n) is 8.99. The highest BCUT2D eigenvalue weighted by Gasteiger charge is 2.30. The molecule has 4 rings (SSSR count). The van der Waals surface area contributed by atoms with Gasteiger partial charge in [0.1, 0.15) is 0 Å². The fraction of sp³-hybridized carbons (Fsp3) is 0.462. The van der Waals surface area contributed by atoms with Gasteiger partial charge in [-0.15, -0.1) is 0 Å². The molecular weight excluding hydrogens is 386 g/mol. The first-order valence-corrected chi connectivity index (χ1v) is 11.4. The predicted molar refractivity (Wildman–Crippen MR) is 123 cm³/mol. The number of benzene rings is 2. The number of nitrogens with zero attached hydrogens (tertiary/aromatic N) is 2. The third-order valence-corrected chi connectivity index (χ3v) is 6.70. The SMILES string of the molecule is CC(=O)N1CCC(NC(=O)CN(Cc2ccc(C)cc2)C2CCc3ccccc32)CC1. The molecule has 2 aromatic rings. The number of aryl methyl sites for hydroxylation is 2. The molecule has 1 aliphatic carbocycles. The summed E-state index contributed by atoms with van der Waals surface area (Å²) in [6, 6.07) is 17.7. The normalized spacial score (nSPS) is 18.8. The molecule has 2 amide bonds. The maximum Gasteiger partial charge on any atom is 0.234 e. The Balaban J connectivity index is 1.44. The van der Waals surface area contributed by atoms with Gasteiger partial charge in [0.2, 0.25) is 11.8 Å². The van der Waals surface area contributed by atoms with Gasteiger partial charge in [0.25, 0.3) is 0 Å². The van der Waals surface area contributed by atoms with Crippen LogP contribution < -0.4 is 5.32 Å². The van der Waals surface area contributed by atoms with Crippen LogP contribution in [-0.2, 0) is 22.6 Å². The summed E-state index contributed by atoms with van der Waals surface area (Å²) >= 11 is 0. The van der Waals surface area contributed by atoms with Crippen LogP contribution in [0.25, 0.3) is 0 Å². The maximum atomic E-state index is 13.0. The van der Waals surface area contributed by atoms with E-state index in [1.54, 1.807) is 6.92 Å². The first kappa shape index (κ1) is 21.6. The summed E-state index contributed by atoms with van der Waals surface area (Å²) in [5.41, 5.74) is 5.24. The third-order valence-electron chi connectivity index (χ3n) is 6.70. The van der Waals surface area contributed by atoms with Crippen molar-refractivity contribution in [2.24, 2.45) is 0 Å². The van der Waals surface area contributed by atoms with Gasteiger partial charge < -0.3 is 10.2 Å². The average Bonchev–Trinajstić information content (AvgIpc) is 3.19. The van der Waals surface area contributed by atoms with Crippen LogP contribution in [-0.4, -0.2) is 47.3 Å². The number of nitrogens with one attached hydrogen (secondary N) is 1. The minimum absolute atomic E-state index is 0.0813. The number of carbonyl (C=O) groups is 2. The zero-order valence-corrected chi connectivity index (χ0v) is 18.6. The van der Waals surface area contributed by atoms with Crippen LogP contribution in [0.2, 0.25) is 0 Å². The highest BCUT2D eigenvalue weighted by molar-refractivity contribution is 5.78. The van der Waals surface area contributed by atoms with Crippen molar-refractivity contribution in [3.8, 4) is 0 Å². The van der Waals surface area contributed by atoms with Crippen molar-refractivity contribution in [2.75, 3.05) is 19.6 Å². The Morgan fingerprint density at radius 1 is 1.03 bits per heavy atom. The van der Waals surface area contributed by atoms with Crippen molar-refractivity contribution < 1.29 is 9.59 Å². The van der Waals surface area contributed by atoms with Gasteiger partial charge in [-0.3, -0.25) is 14.5 Å². The number of hydrogen-bond donors (Lipinski definition) is 1. The Bertz CT molecular complexity index is 917. The first-order valence-electron chi connectivity index (χ1n) is 11.4. The Morgan fingerprint density at radius 3 is 2.45 bits per heavy atom. The number of likely N-dealkylation sites (tertiary alicyclic amines) is 1. The molecule has 1 unspecified atom stereocenters. The molecule has 1 N–H and O–H groups in total. The molecule has 1 saturated heterocycles. The van der Waals surface area contributed by atoms with Gasteiger partial charge in [0.15, 0.2) is 0 Å². The summed E-state index contributed by atoms with van der Waals surface area (Å²) in [5.74, 6) is 0.201. The zero-order chi connectivity index (χ0) is 21.8. The monoisotopic (exact) mass is 419 g/mol. The quantitative estimate of drug-likeness (QED) is 0.778. The topological polar surface area (TPSA) is 52.7 Å². The zero-order valence-electron chi connectivity index (χ0n) is 18.6. The Kier molecular flexibility index (Phi) is 6.71. The molecule has 2 aliphatic rings. The molecule has 31 heavy (non-hydrogen) atoms. The van der Waals surface area contributed by atoms with Crippen molar-refractivity contribution in [1.82, 2.24) is 15.1 Å². The predicted octanol–water partition coefficient (Wildman–Crippen LogP) is 3.61. The summed E-state index contributed by atoms with van der Waals surface area (Å²) in [5, 5.41) is 3.23. The van der Waals surface area contributed by atoms with Gasteiger partial charge in [0.05, 0.1) is 6.54 Å². The Hall–Kier alpha value is -2.66. The van der Waals surface area contributed by atoms with Crippen LogP contribution in [0.1, 0.15) is 54.5 Å². The second kappa shape index (κ2) is 9.65. The van der Waals surface area contributed by atoms with Gasteiger partial charge in [-0.25, -0.2) is 0 Å². The molecule has 0 spiro atoms. The van der Waals surface area contributed by atoms with Crippen LogP contribution in [0.5, 0.6) is 0 Å². The lowest BCUT2D eigenvalue weighted by Crippen LogP contribution is -2.48. The molecule has 1 heterocycles. The van der Waals surface area contributed by atoms with Crippen LogP contribution in [0.3, 0.4) is 0 Å². The smallest absolute Gasteiger partial charge is 0.234 e. The van der Waals surface area contributed by atoms with Gasteiger partial charge in [-0.1, -0.05) is 54.1 Å². The maximum absolute atomic E-state index is 13.0. The molecule has 1 fully saturated rings. The molecule has 1 atom stereocenters. The van der Waals surface area contributed by atoms with Crippen LogP contribution in [0.4, 0.5) is 0 Å². The van der Waals surface area contributed by atoms with Crippen molar-refractivity contribution in [3.05, 3.63) is 70.8 Å². The number of hydrogen-bond acceptors (Lipinski definition) is 3. The summed E-state index contributed by atoms with van der Waals surface area (Å²) < 4.78 is 0. The van der Waals surface area contributed by atoms with E-state index in [0.717, 1.165) is 45.3 Å². The van der Waals surface area contributed by atoms with Crippen molar-refractivity contribution >= 4 is 11.8 Å². The van der Waals surface area contributed by atoms with E-state index in [4.69, 9.17) is 0 Å². The fourth-order valence-electron chi connectivity index (χ4n) is 4.91. The Morgan fingerprint density at radius 2 is 1.74 bits per heavy atom. The van der Waals surface area contributed by atoms with Crippen LogP contribution >= 0.6 is 0 Å². The van der Waals surface area contributed by atoms with Crippen LogP contribution in [0, 0.1) is 6.92 Å². The minimum Gasteiger partial charge on any atom is -0.352 e. The minimum atomic E-state index is 0.0813. The molecule has 1 aliphatic heterocycles. The lowest BCUT2D eigenvalue weighted by molar-refractivity contribution is -0.130. The second-order valence-corrected chi connectivity index (χ2v) is 8.99. The first-order chi connectivity index (χ1) is 15.0. The van der Waals surface area contributed by atoms with E-state index in [-0.39, 0.29) is 23.9 Å². The number of carbonyl (C=O) groups excluding carboxylic acids is 2. The summed E-state index contributed by atoms with van der Waals surface area (Å²) in [7, 11) is 0. The molecule has 5 heteroatoms. The van der Waals surface area contributed by atoms with Crippen molar-refractivity contribution in [1.29, 1.82) is 0 Å². The van der Waals surface area contributed by atoms with Crippen LogP contribution in [0.15, 0.2) is 48.5 Å². The number of rotatable bonds is 6. The van der Waals surface area contributed by atoms with E-state index in [2.05, 4.69) is 65.7 Å². The lowest BCUT2D eigenvalue weighted by Gasteiger charge is -2.33. The van der Waals surface area contributed by atoms with Crippen molar-refractivity contribution in [3.63, 3.8) is 0 Å². The van der Waals surface area contributed by atoms with Gasteiger partial charge >= 0.3 is 0 Å².